The van der Waals surface area contributed by atoms with Crippen LogP contribution in [0.3, 0.4) is 0 Å². The van der Waals surface area contributed by atoms with Crippen LogP contribution in [0.1, 0.15) is 33.6 Å². The second-order valence-corrected chi connectivity index (χ2v) is 6.44. The van der Waals surface area contributed by atoms with Gasteiger partial charge in [0, 0.05) is 16.7 Å². The number of hydrogen-bond donors (Lipinski definition) is 1. The van der Waals surface area contributed by atoms with Crippen LogP contribution in [-0.2, 0) is 0 Å². The van der Waals surface area contributed by atoms with Crippen LogP contribution in [0, 0.1) is 5.92 Å². The van der Waals surface area contributed by atoms with Crippen molar-refractivity contribution in [2.75, 3.05) is 12.3 Å². The first-order valence-electron chi connectivity index (χ1n) is 6.74. The summed E-state index contributed by atoms with van der Waals surface area (Å²) in [5.74, 6) is 1.86. The molecule has 0 aliphatic carbocycles. The molecule has 0 aliphatic rings. The Kier molecular flexibility index (Phi) is 7.80. The molecule has 0 saturated carbocycles. The maximum atomic E-state index is 6.17. The number of nitrogens with one attached hydrogen (secondary N) is 1. The van der Waals surface area contributed by atoms with Crippen molar-refractivity contribution in [3.8, 4) is 0 Å². The van der Waals surface area contributed by atoms with Gasteiger partial charge in [0.15, 0.2) is 0 Å². The molecular weight excluding hydrogens is 262 g/mol. The molecular formula is C15H24ClNS. The van der Waals surface area contributed by atoms with E-state index in [1.807, 2.05) is 30.0 Å². The average molecular weight is 286 g/mol. The van der Waals surface area contributed by atoms with Gasteiger partial charge in [-0.1, -0.05) is 44.5 Å². The molecule has 102 valence electrons. The zero-order valence-electron chi connectivity index (χ0n) is 11.6. The predicted molar refractivity (Wildman–Crippen MR) is 83.7 cm³/mol. The summed E-state index contributed by atoms with van der Waals surface area (Å²) in [6, 6.07) is 8.66. The number of halogens is 1. The van der Waals surface area contributed by atoms with Crippen molar-refractivity contribution in [3.63, 3.8) is 0 Å². The first kappa shape index (κ1) is 15.9. The van der Waals surface area contributed by atoms with E-state index in [2.05, 4.69) is 32.2 Å². The Hall–Kier alpha value is -0.180. The van der Waals surface area contributed by atoms with Crippen molar-refractivity contribution in [1.82, 2.24) is 5.32 Å². The monoisotopic (exact) mass is 285 g/mol. The highest BCUT2D eigenvalue weighted by atomic mass is 35.5. The van der Waals surface area contributed by atoms with Crippen molar-refractivity contribution in [3.05, 3.63) is 29.3 Å². The van der Waals surface area contributed by atoms with Gasteiger partial charge in [0.1, 0.15) is 0 Å². The van der Waals surface area contributed by atoms with Crippen LogP contribution in [0.5, 0.6) is 0 Å². The van der Waals surface area contributed by atoms with Crippen LogP contribution in [0.4, 0.5) is 0 Å². The molecule has 3 heteroatoms. The van der Waals surface area contributed by atoms with E-state index in [1.165, 1.54) is 17.7 Å². The summed E-state index contributed by atoms with van der Waals surface area (Å²) in [4.78, 5) is 1.19. The smallest absolute Gasteiger partial charge is 0.0541 e. The predicted octanol–water partition coefficient (Wildman–Crippen LogP) is 4.85. The van der Waals surface area contributed by atoms with E-state index >= 15 is 0 Å². The highest BCUT2D eigenvalue weighted by Crippen LogP contribution is 2.27. The first-order valence-corrected chi connectivity index (χ1v) is 8.10. The molecule has 0 heterocycles. The van der Waals surface area contributed by atoms with E-state index in [9.17, 15) is 0 Å². The largest absolute Gasteiger partial charge is 0.313 e. The lowest BCUT2D eigenvalue weighted by molar-refractivity contribution is 0.464. The molecule has 0 bridgehead atoms. The normalized spacial score (nSPS) is 12.9. The summed E-state index contributed by atoms with van der Waals surface area (Å²) in [7, 11) is 0. The summed E-state index contributed by atoms with van der Waals surface area (Å²) < 4.78 is 0. The van der Waals surface area contributed by atoms with Crippen LogP contribution in [0.25, 0.3) is 0 Å². The van der Waals surface area contributed by atoms with Crippen LogP contribution in [0.2, 0.25) is 5.02 Å². The lowest BCUT2D eigenvalue weighted by Gasteiger charge is -2.18. The van der Waals surface area contributed by atoms with Crippen LogP contribution in [-0.4, -0.2) is 18.3 Å². The maximum absolute atomic E-state index is 6.17. The van der Waals surface area contributed by atoms with E-state index in [-0.39, 0.29) is 0 Å². The van der Waals surface area contributed by atoms with Gasteiger partial charge in [0.05, 0.1) is 5.02 Å². The van der Waals surface area contributed by atoms with Gasteiger partial charge in [0.25, 0.3) is 0 Å². The SMILES string of the molecule is CCNC(CCC(C)C)CSc1ccccc1Cl. The summed E-state index contributed by atoms with van der Waals surface area (Å²) in [6.07, 6.45) is 2.52. The molecule has 0 saturated heterocycles. The van der Waals surface area contributed by atoms with Gasteiger partial charge < -0.3 is 5.32 Å². The average Bonchev–Trinajstić information content (AvgIpc) is 2.34. The second kappa shape index (κ2) is 8.84. The molecule has 1 nitrogen and oxygen atoms in total. The minimum absolute atomic E-state index is 0.582. The standard InChI is InChI=1S/C15H24ClNS/c1-4-17-13(10-9-12(2)3)11-18-15-8-6-5-7-14(15)16/h5-8,12-13,17H,4,9-11H2,1-3H3. The molecule has 0 fully saturated rings. The zero-order chi connectivity index (χ0) is 13.4. The fourth-order valence-electron chi connectivity index (χ4n) is 1.82. The molecule has 0 amide bonds. The third-order valence-electron chi connectivity index (χ3n) is 2.86. The maximum Gasteiger partial charge on any atom is 0.0541 e. The van der Waals surface area contributed by atoms with Gasteiger partial charge >= 0.3 is 0 Å². The van der Waals surface area contributed by atoms with Gasteiger partial charge in [-0.15, -0.1) is 11.8 Å². The highest BCUT2D eigenvalue weighted by Gasteiger charge is 2.10. The molecule has 1 unspecified atom stereocenters. The van der Waals surface area contributed by atoms with Crippen molar-refractivity contribution in [2.45, 2.75) is 44.6 Å². The Balaban J connectivity index is 2.44. The summed E-state index contributed by atoms with van der Waals surface area (Å²) in [5.41, 5.74) is 0. The lowest BCUT2D eigenvalue weighted by Crippen LogP contribution is -2.31. The topological polar surface area (TPSA) is 12.0 Å². The van der Waals surface area contributed by atoms with Crippen LogP contribution in [0.15, 0.2) is 29.2 Å². The highest BCUT2D eigenvalue weighted by molar-refractivity contribution is 7.99. The van der Waals surface area contributed by atoms with Crippen LogP contribution >= 0.6 is 23.4 Å². The Labute approximate surface area is 121 Å². The molecule has 1 aromatic carbocycles. The molecule has 0 radical (unpaired) electrons. The number of rotatable bonds is 8. The second-order valence-electron chi connectivity index (χ2n) is 4.97. The third-order valence-corrected chi connectivity index (χ3v) is 4.54. The minimum atomic E-state index is 0.582. The molecule has 1 rings (SSSR count). The Morgan fingerprint density at radius 1 is 1.22 bits per heavy atom. The Morgan fingerprint density at radius 3 is 2.56 bits per heavy atom. The van der Waals surface area contributed by atoms with Crippen molar-refractivity contribution < 1.29 is 0 Å². The third kappa shape index (κ3) is 6.12. The van der Waals surface area contributed by atoms with Gasteiger partial charge in [0.2, 0.25) is 0 Å². The molecule has 0 spiro atoms. The molecule has 1 atom stereocenters. The van der Waals surface area contributed by atoms with Crippen molar-refractivity contribution >= 4 is 23.4 Å². The number of thioether (sulfide) groups is 1. The molecule has 1 N–H and O–H groups in total. The zero-order valence-corrected chi connectivity index (χ0v) is 13.2. The van der Waals surface area contributed by atoms with Gasteiger partial charge in [-0.25, -0.2) is 0 Å². The Morgan fingerprint density at radius 2 is 1.94 bits per heavy atom. The number of benzene rings is 1. The van der Waals surface area contributed by atoms with E-state index < -0.39 is 0 Å². The Bertz CT molecular complexity index is 341. The van der Waals surface area contributed by atoms with E-state index in [1.54, 1.807) is 0 Å². The fraction of sp³-hybridized carbons (Fsp3) is 0.600. The number of hydrogen-bond acceptors (Lipinski definition) is 2. The van der Waals surface area contributed by atoms with Gasteiger partial charge in [-0.2, -0.15) is 0 Å². The molecule has 0 aromatic heterocycles. The minimum Gasteiger partial charge on any atom is -0.313 e. The van der Waals surface area contributed by atoms with Crippen LogP contribution < -0.4 is 5.32 Å². The summed E-state index contributed by atoms with van der Waals surface area (Å²) >= 11 is 8.02. The van der Waals surface area contributed by atoms with E-state index in [0.29, 0.717) is 6.04 Å². The fourth-order valence-corrected chi connectivity index (χ4v) is 3.17. The molecule has 0 aliphatic heterocycles. The summed E-state index contributed by atoms with van der Waals surface area (Å²) in [5, 5.41) is 4.43. The molecule has 18 heavy (non-hydrogen) atoms. The van der Waals surface area contributed by atoms with Crippen molar-refractivity contribution in [2.24, 2.45) is 5.92 Å². The quantitative estimate of drug-likeness (QED) is 0.686. The molecule has 1 aromatic rings. The van der Waals surface area contributed by atoms with Crippen molar-refractivity contribution in [1.29, 1.82) is 0 Å². The lowest BCUT2D eigenvalue weighted by atomic mass is 10.0. The van der Waals surface area contributed by atoms with Gasteiger partial charge in [-0.3, -0.25) is 0 Å². The first-order chi connectivity index (χ1) is 8.63. The van der Waals surface area contributed by atoms with Gasteiger partial charge in [-0.05, 0) is 37.4 Å². The summed E-state index contributed by atoms with van der Waals surface area (Å²) in [6.45, 7) is 7.77. The van der Waals surface area contributed by atoms with E-state index in [0.717, 1.165) is 23.2 Å². The van der Waals surface area contributed by atoms with E-state index in [4.69, 9.17) is 11.6 Å².